The van der Waals surface area contributed by atoms with Gasteiger partial charge in [0, 0.05) is 37.1 Å². The zero-order valence-corrected chi connectivity index (χ0v) is 19.5. The van der Waals surface area contributed by atoms with Crippen LogP contribution in [-0.4, -0.2) is 44.9 Å². The highest BCUT2D eigenvalue weighted by molar-refractivity contribution is 6.01. The van der Waals surface area contributed by atoms with Gasteiger partial charge in [-0.05, 0) is 61.6 Å². The molecule has 1 aliphatic rings. The average Bonchev–Trinajstić information content (AvgIpc) is 3.26. The van der Waals surface area contributed by atoms with Gasteiger partial charge in [-0.2, -0.15) is 4.98 Å². The molecule has 0 spiro atoms. The third kappa shape index (κ3) is 4.45. The number of carbonyl (C=O) groups is 1. The van der Waals surface area contributed by atoms with E-state index in [0.717, 1.165) is 12.8 Å². The van der Waals surface area contributed by atoms with Crippen LogP contribution in [0.5, 0.6) is 0 Å². The Kier molecular flexibility index (Phi) is 6.15. The first kappa shape index (κ1) is 22.9. The van der Waals surface area contributed by atoms with Crippen molar-refractivity contribution in [3.05, 3.63) is 71.6 Å². The smallest absolute Gasteiger partial charge is 0.295 e. The van der Waals surface area contributed by atoms with Gasteiger partial charge in [0.2, 0.25) is 0 Å². The van der Waals surface area contributed by atoms with E-state index in [1.807, 2.05) is 4.90 Å². The van der Waals surface area contributed by atoms with Gasteiger partial charge in [-0.25, -0.2) is 18.7 Å². The number of piperidine rings is 1. The minimum absolute atomic E-state index is 0.155. The van der Waals surface area contributed by atoms with Crippen LogP contribution in [0.4, 0.5) is 14.8 Å². The molecule has 0 radical (unpaired) electrons. The summed E-state index contributed by atoms with van der Waals surface area (Å²) in [6.45, 7) is 4.70. The van der Waals surface area contributed by atoms with E-state index in [0.29, 0.717) is 46.7 Å². The molecule has 2 aromatic heterocycles. The molecule has 0 unspecified atom stereocenters. The number of oxazole rings is 1. The van der Waals surface area contributed by atoms with Gasteiger partial charge in [0.05, 0.1) is 11.6 Å². The Morgan fingerprint density at radius 1 is 1.20 bits per heavy atom. The van der Waals surface area contributed by atoms with Crippen molar-refractivity contribution in [3.8, 4) is 11.4 Å². The van der Waals surface area contributed by atoms with Gasteiger partial charge in [-0.1, -0.05) is 6.92 Å². The van der Waals surface area contributed by atoms with Crippen molar-refractivity contribution in [2.24, 2.45) is 5.92 Å². The highest BCUT2D eigenvalue weighted by Gasteiger charge is 2.34. The minimum Gasteiger partial charge on any atom is -0.423 e. The van der Waals surface area contributed by atoms with Gasteiger partial charge in [0.1, 0.15) is 17.2 Å². The van der Waals surface area contributed by atoms with Crippen molar-refractivity contribution < 1.29 is 18.0 Å². The lowest BCUT2D eigenvalue weighted by Gasteiger charge is -2.40. The van der Waals surface area contributed by atoms with Crippen molar-refractivity contribution >= 4 is 23.0 Å². The number of nitrogens with zero attached hydrogens (tertiary/aromatic N) is 4. The predicted octanol–water partition coefficient (Wildman–Crippen LogP) is 5.22. The third-order valence-corrected chi connectivity index (χ3v) is 6.61. The monoisotopic (exact) mass is 477 g/mol. The first-order chi connectivity index (χ1) is 16.9. The van der Waals surface area contributed by atoms with Crippen LogP contribution < -0.4 is 5.32 Å². The van der Waals surface area contributed by atoms with E-state index < -0.39 is 11.6 Å². The number of likely N-dealkylation sites (tertiary alicyclic amines) is 1. The Bertz CT molecular complexity index is 1380. The third-order valence-electron chi connectivity index (χ3n) is 6.61. The first-order valence-electron chi connectivity index (χ1n) is 11.6. The quantitative estimate of drug-likeness (QED) is 0.424. The molecule has 5 rings (SSSR count). The molecular weight excluding hydrogens is 452 g/mol. The summed E-state index contributed by atoms with van der Waals surface area (Å²) in [6.07, 6.45) is 4.97. The molecule has 0 saturated carbocycles. The van der Waals surface area contributed by atoms with Crippen molar-refractivity contribution in [2.75, 3.05) is 18.4 Å². The molecule has 1 amide bonds. The number of carbonyl (C=O) groups excluding carboxylic acids is 1. The highest BCUT2D eigenvalue weighted by atomic mass is 19.1. The van der Waals surface area contributed by atoms with E-state index in [2.05, 4.69) is 27.2 Å². The largest absolute Gasteiger partial charge is 0.423 e. The number of hydrogen-bond acceptors (Lipinski definition) is 6. The second kappa shape index (κ2) is 9.40. The van der Waals surface area contributed by atoms with E-state index in [-0.39, 0.29) is 23.9 Å². The van der Waals surface area contributed by atoms with E-state index >= 15 is 0 Å². The van der Waals surface area contributed by atoms with Crippen LogP contribution in [0.25, 0.3) is 22.5 Å². The van der Waals surface area contributed by atoms with E-state index in [1.165, 1.54) is 24.3 Å². The normalized spacial score (nSPS) is 18.1. The van der Waals surface area contributed by atoms with Gasteiger partial charge in [-0.3, -0.25) is 4.79 Å². The lowest BCUT2D eigenvalue weighted by Crippen LogP contribution is -2.51. The zero-order chi connectivity index (χ0) is 24.5. The Morgan fingerprint density at radius 2 is 2.00 bits per heavy atom. The number of amides is 1. The molecule has 1 N–H and O–H groups in total. The summed E-state index contributed by atoms with van der Waals surface area (Å²) in [4.78, 5) is 28.6. The standard InChI is InChI=1S/C26H25F2N5O2/c1-15-5-3-12-33(21(15)14-31-26-32-20-9-6-17(27)13-22(20)35-26)25(34)18-7-8-19(28)16(2)23(18)24-29-10-4-11-30-24/h4,6-11,13,15,21H,3,5,12,14H2,1-2H3,(H,31,32)/t15-,21-/m1/s1. The summed E-state index contributed by atoms with van der Waals surface area (Å²) in [5.74, 6) is -0.493. The van der Waals surface area contributed by atoms with Crippen molar-refractivity contribution in [1.29, 1.82) is 0 Å². The first-order valence-corrected chi connectivity index (χ1v) is 11.6. The molecule has 1 aliphatic heterocycles. The highest BCUT2D eigenvalue weighted by Crippen LogP contribution is 2.31. The van der Waals surface area contributed by atoms with E-state index in [4.69, 9.17) is 4.42 Å². The molecule has 3 heterocycles. The summed E-state index contributed by atoms with van der Waals surface area (Å²) in [5.41, 5.74) is 2.01. The maximum absolute atomic E-state index is 14.5. The summed E-state index contributed by atoms with van der Waals surface area (Å²) in [6, 6.07) is 8.79. The number of rotatable bonds is 5. The molecule has 2 aromatic carbocycles. The molecule has 7 nitrogen and oxygen atoms in total. The predicted molar refractivity (Wildman–Crippen MR) is 128 cm³/mol. The maximum atomic E-state index is 14.5. The topological polar surface area (TPSA) is 84.2 Å². The van der Waals surface area contributed by atoms with Crippen LogP contribution >= 0.6 is 0 Å². The number of hydrogen-bond donors (Lipinski definition) is 1. The molecule has 1 fully saturated rings. The molecule has 35 heavy (non-hydrogen) atoms. The number of anilines is 1. The Balaban J connectivity index is 1.44. The molecular formula is C26H25F2N5O2. The second-order valence-corrected chi connectivity index (χ2v) is 8.86. The molecule has 180 valence electrons. The van der Waals surface area contributed by atoms with Gasteiger partial charge in [-0.15, -0.1) is 0 Å². The minimum atomic E-state index is -0.415. The Morgan fingerprint density at radius 3 is 2.80 bits per heavy atom. The number of benzene rings is 2. The Hall–Kier alpha value is -3.88. The average molecular weight is 478 g/mol. The van der Waals surface area contributed by atoms with Crippen LogP contribution in [0.3, 0.4) is 0 Å². The van der Waals surface area contributed by atoms with Crippen LogP contribution in [0.15, 0.2) is 53.2 Å². The van der Waals surface area contributed by atoms with Crippen molar-refractivity contribution in [2.45, 2.75) is 32.7 Å². The zero-order valence-electron chi connectivity index (χ0n) is 19.5. The molecule has 9 heteroatoms. The van der Waals surface area contributed by atoms with Crippen LogP contribution in [0.1, 0.15) is 35.7 Å². The fraction of sp³-hybridized carbons (Fsp3) is 0.308. The summed E-state index contributed by atoms with van der Waals surface area (Å²) in [7, 11) is 0. The fourth-order valence-electron chi connectivity index (χ4n) is 4.71. The van der Waals surface area contributed by atoms with Crippen LogP contribution in [0.2, 0.25) is 0 Å². The fourth-order valence-corrected chi connectivity index (χ4v) is 4.71. The lowest BCUT2D eigenvalue weighted by atomic mass is 9.89. The number of nitrogens with one attached hydrogen (secondary N) is 1. The van der Waals surface area contributed by atoms with Gasteiger partial charge < -0.3 is 14.6 Å². The van der Waals surface area contributed by atoms with E-state index in [9.17, 15) is 13.6 Å². The Labute approximate surface area is 201 Å². The van der Waals surface area contributed by atoms with E-state index in [1.54, 1.807) is 31.5 Å². The van der Waals surface area contributed by atoms with Crippen LogP contribution in [0, 0.1) is 24.5 Å². The lowest BCUT2D eigenvalue weighted by molar-refractivity contribution is 0.0540. The van der Waals surface area contributed by atoms with Gasteiger partial charge in [0.15, 0.2) is 11.4 Å². The molecule has 1 saturated heterocycles. The van der Waals surface area contributed by atoms with Gasteiger partial charge in [0.25, 0.3) is 11.9 Å². The van der Waals surface area contributed by atoms with Crippen molar-refractivity contribution in [1.82, 2.24) is 19.9 Å². The van der Waals surface area contributed by atoms with Gasteiger partial charge >= 0.3 is 0 Å². The second-order valence-electron chi connectivity index (χ2n) is 8.86. The molecule has 4 aromatic rings. The SMILES string of the molecule is Cc1c(F)ccc(C(=O)N2CCC[C@@H](C)[C@H]2CNc2nc3ccc(F)cc3o2)c1-c1ncccn1. The molecule has 2 atom stereocenters. The summed E-state index contributed by atoms with van der Waals surface area (Å²) >= 11 is 0. The maximum Gasteiger partial charge on any atom is 0.295 e. The summed E-state index contributed by atoms with van der Waals surface area (Å²) < 4.78 is 33.6. The molecule has 0 aliphatic carbocycles. The molecule has 0 bridgehead atoms. The number of fused-ring (bicyclic) bond motifs is 1. The van der Waals surface area contributed by atoms with Crippen molar-refractivity contribution in [3.63, 3.8) is 0 Å². The summed E-state index contributed by atoms with van der Waals surface area (Å²) in [5, 5.41) is 3.18. The van der Waals surface area contributed by atoms with Crippen LogP contribution in [-0.2, 0) is 0 Å². The number of halogens is 2. The number of aromatic nitrogens is 3.